The molecule has 1 aliphatic rings. The Morgan fingerprint density at radius 1 is 0.788 bits per heavy atom. The van der Waals surface area contributed by atoms with Gasteiger partial charge in [-0.2, -0.15) is 0 Å². The lowest BCUT2D eigenvalue weighted by atomic mass is 10.1. The van der Waals surface area contributed by atoms with Crippen LogP contribution in [0, 0.1) is 0 Å². The fourth-order valence-corrected chi connectivity index (χ4v) is 4.25. The highest BCUT2D eigenvalue weighted by atomic mass is 16.5. The Balaban J connectivity index is 1.70. The molecule has 3 aromatic rings. The van der Waals surface area contributed by atoms with Gasteiger partial charge in [0.05, 0.1) is 43.5 Å². The van der Waals surface area contributed by atoms with Gasteiger partial charge in [-0.25, -0.2) is 9.97 Å². The molecule has 0 atom stereocenters. The minimum atomic E-state index is 0.501. The van der Waals surface area contributed by atoms with Gasteiger partial charge < -0.3 is 28.7 Å². The molecule has 4 rings (SSSR count). The van der Waals surface area contributed by atoms with Crippen LogP contribution in [0.25, 0.3) is 10.9 Å². The monoisotopic (exact) mass is 452 g/mol. The molecule has 1 aliphatic heterocycles. The molecule has 33 heavy (non-hydrogen) atoms. The van der Waals surface area contributed by atoms with E-state index in [-0.39, 0.29) is 0 Å². The summed E-state index contributed by atoms with van der Waals surface area (Å²) >= 11 is 0. The topological polar surface area (TPSA) is 69.2 Å². The van der Waals surface area contributed by atoms with Gasteiger partial charge in [-0.1, -0.05) is 12.1 Å². The second-order valence-corrected chi connectivity index (χ2v) is 7.57. The predicted octanol–water partition coefficient (Wildman–Crippen LogP) is 4.16. The maximum absolute atomic E-state index is 6.10. The Hall–Kier alpha value is -3.42. The van der Waals surface area contributed by atoms with Crippen LogP contribution in [0.2, 0.25) is 0 Å². The fourth-order valence-electron chi connectivity index (χ4n) is 4.25. The summed E-state index contributed by atoms with van der Waals surface area (Å²) in [5, 5.41) is 0.858. The number of nitrogens with zero attached hydrogens (tertiary/aromatic N) is 4. The number of anilines is 2. The molecule has 0 N–H and O–H groups in total. The summed E-state index contributed by atoms with van der Waals surface area (Å²) in [6, 6.07) is 10.1. The summed E-state index contributed by atoms with van der Waals surface area (Å²) < 4.78 is 23.5. The molecule has 0 radical (unpaired) electrons. The van der Waals surface area contributed by atoms with E-state index in [4.69, 9.17) is 18.9 Å². The van der Waals surface area contributed by atoms with Gasteiger partial charge in [0.1, 0.15) is 17.9 Å². The van der Waals surface area contributed by atoms with E-state index in [0.29, 0.717) is 37.1 Å². The number of aromatic nitrogens is 2. The van der Waals surface area contributed by atoms with Crippen molar-refractivity contribution in [2.45, 2.75) is 20.8 Å². The van der Waals surface area contributed by atoms with Gasteiger partial charge in [0, 0.05) is 32.2 Å². The van der Waals surface area contributed by atoms with Crippen molar-refractivity contribution in [2.24, 2.45) is 0 Å². The fraction of sp³-hybridized carbons (Fsp3) is 0.440. The lowest BCUT2D eigenvalue weighted by Crippen LogP contribution is -2.47. The number of fused-ring (bicyclic) bond motifs is 1. The van der Waals surface area contributed by atoms with Crippen LogP contribution in [0.4, 0.5) is 11.5 Å². The minimum absolute atomic E-state index is 0.501. The van der Waals surface area contributed by atoms with E-state index in [1.807, 2.05) is 45.0 Å². The summed E-state index contributed by atoms with van der Waals surface area (Å²) in [4.78, 5) is 13.8. The zero-order valence-electron chi connectivity index (χ0n) is 19.8. The lowest BCUT2D eigenvalue weighted by Gasteiger charge is -2.37. The van der Waals surface area contributed by atoms with Crippen molar-refractivity contribution in [3.63, 3.8) is 0 Å². The zero-order chi connectivity index (χ0) is 23.2. The van der Waals surface area contributed by atoms with E-state index < -0.39 is 0 Å². The first-order valence-corrected chi connectivity index (χ1v) is 11.5. The van der Waals surface area contributed by atoms with Gasteiger partial charge >= 0.3 is 0 Å². The Kier molecular flexibility index (Phi) is 7.22. The van der Waals surface area contributed by atoms with Gasteiger partial charge in [0.2, 0.25) is 5.75 Å². The average Bonchev–Trinajstić information content (AvgIpc) is 2.86. The number of para-hydroxylation sites is 2. The molecule has 8 nitrogen and oxygen atoms in total. The van der Waals surface area contributed by atoms with Crippen molar-refractivity contribution in [2.75, 3.05) is 62.9 Å². The van der Waals surface area contributed by atoms with E-state index in [0.717, 1.165) is 54.3 Å². The van der Waals surface area contributed by atoms with Crippen LogP contribution in [0.5, 0.6) is 23.0 Å². The highest BCUT2D eigenvalue weighted by molar-refractivity contribution is 5.98. The number of hydrogen-bond donors (Lipinski definition) is 0. The summed E-state index contributed by atoms with van der Waals surface area (Å²) in [5.74, 6) is 3.63. The minimum Gasteiger partial charge on any atom is -0.495 e. The molecule has 8 heteroatoms. The number of hydrogen-bond acceptors (Lipinski definition) is 8. The van der Waals surface area contributed by atoms with E-state index in [1.54, 1.807) is 13.4 Å². The number of methoxy groups -OCH3 is 1. The Bertz CT molecular complexity index is 1080. The van der Waals surface area contributed by atoms with E-state index >= 15 is 0 Å². The van der Waals surface area contributed by atoms with Crippen molar-refractivity contribution >= 4 is 22.4 Å². The lowest BCUT2D eigenvalue weighted by molar-refractivity contribution is 0.263. The van der Waals surface area contributed by atoms with Crippen LogP contribution in [-0.2, 0) is 0 Å². The third-order valence-corrected chi connectivity index (χ3v) is 5.66. The third-order valence-electron chi connectivity index (χ3n) is 5.66. The van der Waals surface area contributed by atoms with Crippen LogP contribution in [0.3, 0.4) is 0 Å². The molecule has 1 aromatic heterocycles. The first-order valence-electron chi connectivity index (χ1n) is 11.5. The molecule has 176 valence electrons. The standard InChI is InChI=1S/C25H32N4O4/c1-5-31-21-16-18-22(24(33-7-3)23(21)32-6-2)25(27-17-26-18)29-14-12-28(13-15-29)19-10-8-9-11-20(19)30-4/h8-11,16-17H,5-7,12-15H2,1-4H3. The average molecular weight is 453 g/mol. The molecule has 0 spiro atoms. The van der Waals surface area contributed by atoms with Gasteiger partial charge in [0.15, 0.2) is 11.5 Å². The number of ether oxygens (including phenoxy) is 4. The smallest absolute Gasteiger partial charge is 0.204 e. The van der Waals surface area contributed by atoms with E-state index in [9.17, 15) is 0 Å². The van der Waals surface area contributed by atoms with Crippen molar-refractivity contribution in [1.29, 1.82) is 0 Å². The molecule has 0 saturated carbocycles. The molecule has 0 amide bonds. The Morgan fingerprint density at radius 3 is 2.15 bits per heavy atom. The van der Waals surface area contributed by atoms with Crippen molar-refractivity contribution in [3.8, 4) is 23.0 Å². The molecule has 2 heterocycles. The second-order valence-electron chi connectivity index (χ2n) is 7.57. The maximum Gasteiger partial charge on any atom is 0.204 e. The second kappa shape index (κ2) is 10.5. The predicted molar refractivity (Wildman–Crippen MR) is 130 cm³/mol. The first kappa shape index (κ1) is 22.8. The largest absolute Gasteiger partial charge is 0.495 e. The van der Waals surface area contributed by atoms with Crippen LogP contribution < -0.4 is 28.7 Å². The number of rotatable bonds is 9. The molecule has 0 unspecified atom stereocenters. The van der Waals surface area contributed by atoms with Gasteiger partial charge in [-0.3, -0.25) is 0 Å². The highest BCUT2D eigenvalue weighted by Gasteiger charge is 2.26. The molecule has 0 aliphatic carbocycles. The van der Waals surface area contributed by atoms with E-state index in [2.05, 4.69) is 25.8 Å². The van der Waals surface area contributed by atoms with Crippen LogP contribution in [0.1, 0.15) is 20.8 Å². The quantitative estimate of drug-likeness (QED) is 0.479. The van der Waals surface area contributed by atoms with Gasteiger partial charge in [-0.05, 0) is 32.9 Å². The number of benzene rings is 2. The zero-order valence-corrected chi connectivity index (χ0v) is 19.8. The van der Waals surface area contributed by atoms with Crippen molar-refractivity contribution in [1.82, 2.24) is 9.97 Å². The number of piperazine rings is 1. The van der Waals surface area contributed by atoms with Crippen LogP contribution in [0.15, 0.2) is 36.7 Å². The third kappa shape index (κ3) is 4.55. The SMILES string of the molecule is CCOc1cc2ncnc(N3CCN(c4ccccc4OC)CC3)c2c(OCC)c1OCC. The summed E-state index contributed by atoms with van der Waals surface area (Å²) in [5.41, 5.74) is 1.89. The molecule has 2 aromatic carbocycles. The highest BCUT2D eigenvalue weighted by Crippen LogP contribution is 2.46. The Morgan fingerprint density at radius 2 is 1.45 bits per heavy atom. The van der Waals surface area contributed by atoms with Gasteiger partial charge in [0.25, 0.3) is 0 Å². The van der Waals surface area contributed by atoms with Gasteiger partial charge in [-0.15, -0.1) is 0 Å². The summed E-state index contributed by atoms with van der Waals surface area (Å²) in [6.07, 6.45) is 1.61. The van der Waals surface area contributed by atoms with Crippen LogP contribution >= 0.6 is 0 Å². The Labute approximate surface area is 195 Å². The first-order chi connectivity index (χ1) is 16.2. The van der Waals surface area contributed by atoms with Crippen LogP contribution in [-0.4, -0.2) is 63.1 Å². The maximum atomic E-state index is 6.10. The van der Waals surface area contributed by atoms with Crippen molar-refractivity contribution in [3.05, 3.63) is 36.7 Å². The molecule has 1 fully saturated rings. The molecular formula is C25H32N4O4. The normalized spacial score (nSPS) is 13.8. The van der Waals surface area contributed by atoms with E-state index in [1.165, 1.54) is 0 Å². The molecule has 1 saturated heterocycles. The summed E-state index contributed by atoms with van der Waals surface area (Å²) in [6.45, 7) is 10.7. The summed E-state index contributed by atoms with van der Waals surface area (Å²) in [7, 11) is 1.71. The molecule has 0 bridgehead atoms. The van der Waals surface area contributed by atoms with Crippen molar-refractivity contribution < 1.29 is 18.9 Å². The molecular weight excluding hydrogens is 420 g/mol.